The molecule has 3 rings (SSSR count). The molecule has 0 saturated carbocycles. The average Bonchev–Trinajstić information content (AvgIpc) is 2.84. The van der Waals surface area contributed by atoms with Crippen molar-refractivity contribution in [2.45, 2.75) is 13.3 Å². The minimum absolute atomic E-state index is 0.235. The number of rotatable bonds is 3. The van der Waals surface area contributed by atoms with Crippen molar-refractivity contribution in [1.29, 1.82) is 0 Å². The molecule has 0 bridgehead atoms. The smallest absolute Gasteiger partial charge is 0.337 e. The van der Waals surface area contributed by atoms with E-state index in [-0.39, 0.29) is 5.56 Å². The second kappa shape index (κ2) is 5.22. The molecular formula is C16H13ClN2O2. The Hall–Kier alpha value is -2.33. The van der Waals surface area contributed by atoms with E-state index in [0.29, 0.717) is 17.5 Å². The van der Waals surface area contributed by atoms with Gasteiger partial charge in [-0.2, -0.15) is 0 Å². The highest BCUT2D eigenvalue weighted by molar-refractivity contribution is 6.31. The van der Waals surface area contributed by atoms with Crippen LogP contribution in [0.2, 0.25) is 5.02 Å². The Morgan fingerprint density at radius 1 is 1.33 bits per heavy atom. The Bertz CT molecular complexity index is 839. The zero-order valence-electron chi connectivity index (χ0n) is 11.4. The summed E-state index contributed by atoms with van der Waals surface area (Å²) in [5.74, 6) is -0.960. The summed E-state index contributed by atoms with van der Waals surface area (Å²) in [7, 11) is 0. The SMILES string of the molecule is Cc1cc(Cc2cc3nccc(C(=O)O)c3[nH]2)ccc1Cl. The van der Waals surface area contributed by atoms with Gasteiger partial charge < -0.3 is 10.1 Å². The number of benzene rings is 1. The van der Waals surface area contributed by atoms with Crippen LogP contribution in [-0.2, 0) is 6.42 Å². The Morgan fingerprint density at radius 3 is 2.86 bits per heavy atom. The number of pyridine rings is 1. The number of aryl methyl sites for hydroxylation is 1. The molecule has 3 aromatic rings. The van der Waals surface area contributed by atoms with Crippen LogP contribution in [0.4, 0.5) is 0 Å². The number of carboxylic acids is 1. The van der Waals surface area contributed by atoms with E-state index < -0.39 is 5.97 Å². The molecule has 0 aliphatic carbocycles. The maximum atomic E-state index is 11.2. The van der Waals surface area contributed by atoms with Gasteiger partial charge in [0, 0.05) is 23.3 Å². The van der Waals surface area contributed by atoms with Gasteiger partial charge in [0.2, 0.25) is 0 Å². The molecule has 1 aromatic carbocycles. The van der Waals surface area contributed by atoms with Crippen molar-refractivity contribution >= 4 is 28.6 Å². The first-order valence-corrected chi connectivity index (χ1v) is 6.87. The third-order valence-electron chi connectivity index (χ3n) is 3.42. The van der Waals surface area contributed by atoms with E-state index in [0.717, 1.165) is 21.8 Å². The lowest BCUT2D eigenvalue weighted by atomic mass is 10.1. The molecule has 5 heteroatoms. The van der Waals surface area contributed by atoms with Crippen LogP contribution in [0.5, 0.6) is 0 Å². The van der Waals surface area contributed by atoms with Gasteiger partial charge in [0.1, 0.15) is 0 Å². The molecule has 0 amide bonds. The monoisotopic (exact) mass is 300 g/mol. The van der Waals surface area contributed by atoms with Gasteiger partial charge >= 0.3 is 5.97 Å². The Morgan fingerprint density at radius 2 is 2.14 bits per heavy atom. The summed E-state index contributed by atoms with van der Waals surface area (Å²) >= 11 is 6.02. The van der Waals surface area contributed by atoms with Gasteiger partial charge in [-0.25, -0.2) is 4.79 Å². The first kappa shape index (κ1) is 13.6. The number of nitrogens with zero attached hydrogens (tertiary/aromatic N) is 1. The molecule has 21 heavy (non-hydrogen) atoms. The molecule has 0 atom stereocenters. The average molecular weight is 301 g/mol. The number of carboxylic acid groups (broad SMARTS) is 1. The number of carbonyl (C=O) groups is 1. The van der Waals surface area contributed by atoms with E-state index in [2.05, 4.69) is 9.97 Å². The van der Waals surface area contributed by atoms with Crippen molar-refractivity contribution in [2.75, 3.05) is 0 Å². The van der Waals surface area contributed by atoms with Crippen molar-refractivity contribution < 1.29 is 9.90 Å². The molecule has 0 saturated heterocycles. The van der Waals surface area contributed by atoms with Crippen molar-refractivity contribution in [2.24, 2.45) is 0 Å². The number of fused-ring (bicyclic) bond motifs is 1. The van der Waals surface area contributed by atoms with Gasteiger partial charge in [0.25, 0.3) is 0 Å². The third-order valence-corrected chi connectivity index (χ3v) is 3.85. The predicted molar refractivity (Wildman–Crippen MR) is 82.0 cm³/mol. The number of hydrogen-bond acceptors (Lipinski definition) is 2. The van der Waals surface area contributed by atoms with Crippen molar-refractivity contribution in [3.63, 3.8) is 0 Å². The summed E-state index contributed by atoms with van der Waals surface area (Å²) in [5.41, 5.74) is 4.52. The molecule has 0 aliphatic rings. The van der Waals surface area contributed by atoms with E-state index >= 15 is 0 Å². The Labute approximate surface area is 126 Å². The minimum atomic E-state index is -0.960. The maximum Gasteiger partial charge on any atom is 0.337 e. The van der Waals surface area contributed by atoms with Gasteiger partial charge in [-0.15, -0.1) is 0 Å². The fraction of sp³-hybridized carbons (Fsp3) is 0.125. The van der Waals surface area contributed by atoms with Gasteiger partial charge in [-0.05, 0) is 36.2 Å². The molecule has 4 nitrogen and oxygen atoms in total. The molecule has 0 fully saturated rings. The summed E-state index contributed by atoms with van der Waals surface area (Å²) in [6.45, 7) is 1.96. The van der Waals surface area contributed by atoms with Crippen LogP contribution in [0.1, 0.15) is 27.2 Å². The fourth-order valence-electron chi connectivity index (χ4n) is 2.39. The number of aromatic carboxylic acids is 1. The zero-order chi connectivity index (χ0) is 15.0. The number of aromatic nitrogens is 2. The molecule has 0 radical (unpaired) electrons. The second-order valence-corrected chi connectivity index (χ2v) is 5.39. The quantitative estimate of drug-likeness (QED) is 0.773. The summed E-state index contributed by atoms with van der Waals surface area (Å²) in [6, 6.07) is 9.24. The largest absolute Gasteiger partial charge is 0.478 e. The van der Waals surface area contributed by atoms with Crippen LogP contribution in [0.15, 0.2) is 36.5 Å². The maximum absolute atomic E-state index is 11.2. The van der Waals surface area contributed by atoms with E-state index in [1.165, 1.54) is 12.3 Å². The van der Waals surface area contributed by atoms with Crippen molar-refractivity contribution in [3.8, 4) is 0 Å². The lowest BCUT2D eigenvalue weighted by Crippen LogP contribution is -1.98. The van der Waals surface area contributed by atoms with Crippen LogP contribution in [0.25, 0.3) is 11.0 Å². The predicted octanol–water partition coefficient (Wildman–Crippen LogP) is 3.81. The van der Waals surface area contributed by atoms with E-state index in [9.17, 15) is 9.90 Å². The highest BCUT2D eigenvalue weighted by Crippen LogP contribution is 2.21. The summed E-state index contributed by atoms with van der Waals surface area (Å²) in [6.07, 6.45) is 2.18. The Balaban J connectivity index is 1.99. The summed E-state index contributed by atoms with van der Waals surface area (Å²) < 4.78 is 0. The normalized spacial score (nSPS) is 11.0. The van der Waals surface area contributed by atoms with Gasteiger partial charge in [0.15, 0.2) is 0 Å². The molecule has 2 N–H and O–H groups in total. The molecule has 0 unspecified atom stereocenters. The second-order valence-electron chi connectivity index (χ2n) is 4.98. The molecule has 2 heterocycles. The third kappa shape index (κ3) is 2.62. The van der Waals surface area contributed by atoms with Gasteiger partial charge in [0.05, 0.1) is 16.6 Å². The molecular weight excluding hydrogens is 288 g/mol. The van der Waals surface area contributed by atoms with Crippen LogP contribution in [-0.4, -0.2) is 21.0 Å². The van der Waals surface area contributed by atoms with E-state index in [4.69, 9.17) is 11.6 Å². The minimum Gasteiger partial charge on any atom is -0.478 e. The molecule has 0 aliphatic heterocycles. The molecule has 2 aromatic heterocycles. The number of halogens is 1. The first-order valence-electron chi connectivity index (χ1n) is 6.49. The summed E-state index contributed by atoms with van der Waals surface area (Å²) in [4.78, 5) is 18.6. The van der Waals surface area contributed by atoms with Crippen LogP contribution >= 0.6 is 11.6 Å². The number of nitrogens with one attached hydrogen (secondary N) is 1. The Kier molecular flexibility index (Phi) is 3.39. The van der Waals surface area contributed by atoms with Crippen molar-refractivity contribution in [3.05, 3.63) is 63.9 Å². The molecule has 0 spiro atoms. The van der Waals surface area contributed by atoms with E-state index in [1.54, 1.807) is 0 Å². The topological polar surface area (TPSA) is 66.0 Å². The lowest BCUT2D eigenvalue weighted by molar-refractivity contribution is 0.0699. The van der Waals surface area contributed by atoms with Crippen LogP contribution in [0.3, 0.4) is 0 Å². The first-order chi connectivity index (χ1) is 10.0. The fourth-order valence-corrected chi connectivity index (χ4v) is 2.51. The van der Waals surface area contributed by atoms with Crippen LogP contribution < -0.4 is 0 Å². The van der Waals surface area contributed by atoms with E-state index in [1.807, 2.05) is 31.2 Å². The summed E-state index contributed by atoms with van der Waals surface area (Å²) in [5, 5.41) is 9.93. The van der Waals surface area contributed by atoms with Crippen LogP contribution in [0, 0.1) is 6.92 Å². The van der Waals surface area contributed by atoms with Gasteiger partial charge in [-0.1, -0.05) is 23.7 Å². The van der Waals surface area contributed by atoms with Crippen molar-refractivity contribution in [1.82, 2.24) is 9.97 Å². The highest BCUT2D eigenvalue weighted by atomic mass is 35.5. The molecule has 106 valence electrons. The van der Waals surface area contributed by atoms with Gasteiger partial charge in [-0.3, -0.25) is 4.98 Å². The zero-order valence-corrected chi connectivity index (χ0v) is 12.1. The number of hydrogen-bond donors (Lipinski definition) is 2. The standard InChI is InChI=1S/C16H13ClN2O2/c1-9-6-10(2-3-13(9)17)7-11-8-14-15(19-11)12(16(20)21)4-5-18-14/h2-6,8,19H,7H2,1H3,(H,20,21). The number of H-pyrrole nitrogens is 1. The highest BCUT2D eigenvalue weighted by Gasteiger charge is 2.12. The number of aromatic amines is 1. The lowest BCUT2D eigenvalue weighted by Gasteiger charge is -2.02.